The van der Waals surface area contributed by atoms with Gasteiger partial charge in [0.1, 0.15) is 22.7 Å². The minimum Gasteiger partial charge on any atom is -0.494 e. The Balaban J connectivity index is 1.20. The van der Waals surface area contributed by atoms with E-state index in [0.717, 1.165) is 54.4 Å². The lowest BCUT2D eigenvalue weighted by Gasteiger charge is -2.35. The Hall–Kier alpha value is -2.67. The molecule has 6 nitrogen and oxygen atoms in total. The molecule has 3 heterocycles. The van der Waals surface area contributed by atoms with Crippen molar-refractivity contribution in [3.8, 4) is 5.75 Å². The van der Waals surface area contributed by atoms with Crippen molar-refractivity contribution in [1.29, 1.82) is 0 Å². The van der Waals surface area contributed by atoms with Gasteiger partial charge in [0.15, 0.2) is 0 Å². The molecule has 4 rings (SSSR count). The Morgan fingerprint density at radius 3 is 2.52 bits per heavy atom. The van der Waals surface area contributed by atoms with Crippen molar-refractivity contribution in [2.75, 3.05) is 37.7 Å². The van der Waals surface area contributed by atoms with Gasteiger partial charge in [0.05, 0.1) is 12.0 Å². The monoisotopic (exact) mass is 438 g/mol. The summed E-state index contributed by atoms with van der Waals surface area (Å²) in [5, 5.41) is 3.14. The average Bonchev–Trinajstić information content (AvgIpc) is 3.25. The van der Waals surface area contributed by atoms with Gasteiger partial charge in [-0.3, -0.25) is 4.79 Å². The number of thiophene rings is 1. The molecule has 164 valence electrons. The number of carbonyl (C=O) groups excluding carboxylic acids is 1. The van der Waals surface area contributed by atoms with Gasteiger partial charge in [0, 0.05) is 32.6 Å². The molecule has 3 aromatic rings. The largest absolute Gasteiger partial charge is 0.494 e. The van der Waals surface area contributed by atoms with Gasteiger partial charge in [0.25, 0.3) is 0 Å². The lowest BCUT2D eigenvalue weighted by atomic mass is 9.87. The number of anilines is 1. The van der Waals surface area contributed by atoms with Crippen LogP contribution < -0.4 is 9.64 Å². The molecule has 1 fully saturated rings. The number of piperazine rings is 1. The van der Waals surface area contributed by atoms with Gasteiger partial charge in [-0.05, 0) is 41.0 Å². The van der Waals surface area contributed by atoms with Gasteiger partial charge in [0.2, 0.25) is 5.91 Å². The molecule has 0 spiro atoms. The van der Waals surface area contributed by atoms with E-state index < -0.39 is 0 Å². The molecule has 1 aliphatic rings. The van der Waals surface area contributed by atoms with Crippen LogP contribution in [0.2, 0.25) is 0 Å². The lowest BCUT2D eigenvalue weighted by Crippen LogP contribution is -2.49. The van der Waals surface area contributed by atoms with Crippen LogP contribution >= 0.6 is 11.3 Å². The van der Waals surface area contributed by atoms with Crippen LogP contribution in [0.5, 0.6) is 5.75 Å². The number of nitrogens with zero attached hydrogens (tertiary/aromatic N) is 4. The van der Waals surface area contributed by atoms with Crippen molar-refractivity contribution >= 4 is 33.3 Å². The van der Waals surface area contributed by atoms with Crippen LogP contribution in [-0.2, 0) is 10.2 Å². The molecule has 2 aromatic heterocycles. The first-order chi connectivity index (χ1) is 14.9. The number of aromatic nitrogens is 2. The molecular formula is C24H30N4O2S. The van der Waals surface area contributed by atoms with Crippen LogP contribution in [-0.4, -0.2) is 53.6 Å². The maximum atomic E-state index is 12.6. The zero-order chi connectivity index (χ0) is 21.8. The molecule has 1 saturated heterocycles. The van der Waals surface area contributed by atoms with Crippen LogP contribution in [0.1, 0.15) is 39.2 Å². The highest BCUT2D eigenvalue weighted by Crippen LogP contribution is 2.27. The Morgan fingerprint density at radius 2 is 1.81 bits per heavy atom. The lowest BCUT2D eigenvalue weighted by molar-refractivity contribution is -0.131. The summed E-state index contributed by atoms with van der Waals surface area (Å²) in [4.78, 5) is 26.6. The third-order valence-electron chi connectivity index (χ3n) is 5.70. The summed E-state index contributed by atoms with van der Waals surface area (Å²) in [6.45, 7) is 10.2. The van der Waals surface area contributed by atoms with Crippen LogP contribution in [0.25, 0.3) is 10.2 Å². The number of hydrogen-bond donors (Lipinski definition) is 0. The molecule has 1 aromatic carbocycles. The summed E-state index contributed by atoms with van der Waals surface area (Å²) in [6, 6.07) is 10.3. The number of benzene rings is 1. The van der Waals surface area contributed by atoms with Gasteiger partial charge in [-0.15, -0.1) is 11.3 Å². The molecule has 0 bridgehead atoms. The van der Waals surface area contributed by atoms with E-state index in [4.69, 9.17) is 4.74 Å². The van der Waals surface area contributed by atoms with Crippen molar-refractivity contribution in [2.24, 2.45) is 0 Å². The number of carbonyl (C=O) groups is 1. The highest BCUT2D eigenvalue weighted by molar-refractivity contribution is 7.16. The predicted octanol–water partition coefficient (Wildman–Crippen LogP) is 4.50. The maximum Gasteiger partial charge on any atom is 0.222 e. The second kappa shape index (κ2) is 9.22. The van der Waals surface area contributed by atoms with Crippen LogP contribution in [0.4, 0.5) is 5.82 Å². The fraction of sp³-hybridized carbons (Fsp3) is 0.458. The zero-order valence-corrected chi connectivity index (χ0v) is 19.3. The quantitative estimate of drug-likeness (QED) is 0.531. The molecule has 1 amide bonds. The maximum absolute atomic E-state index is 12.6. The van der Waals surface area contributed by atoms with Crippen molar-refractivity contribution in [1.82, 2.24) is 14.9 Å². The average molecular weight is 439 g/mol. The van der Waals surface area contributed by atoms with Crippen LogP contribution in [0.3, 0.4) is 0 Å². The number of amides is 1. The molecular weight excluding hydrogens is 408 g/mol. The molecule has 0 aliphatic carbocycles. The van der Waals surface area contributed by atoms with E-state index in [2.05, 4.69) is 53.8 Å². The topological polar surface area (TPSA) is 58.6 Å². The fourth-order valence-electron chi connectivity index (χ4n) is 3.82. The first-order valence-corrected chi connectivity index (χ1v) is 11.7. The predicted molar refractivity (Wildman–Crippen MR) is 126 cm³/mol. The van der Waals surface area contributed by atoms with E-state index in [-0.39, 0.29) is 11.3 Å². The second-order valence-corrected chi connectivity index (χ2v) is 9.83. The van der Waals surface area contributed by atoms with E-state index in [1.807, 2.05) is 22.4 Å². The minimum atomic E-state index is 0.137. The Bertz CT molecular complexity index is 1020. The number of fused-ring (bicyclic) bond motifs is 1. The van der Waals surface area contributed by atoms with E-state index in [1.54, 1.807) is 17.7 Å². The summed E-state index contributed by atoms with van der Waals surface area (Å²) in [5.74, 6) is 2.04. The summed E-state index contributed by atoms with van der Waals surface area (Å²) >= 11 is 1.63. The number of ether oxygens (including phenoxy) is 1. The van der Waals surface area contributed by atoms with Crippen molar-refractivity contribution < 1.29 is 9.53 Å². The fourth-order valence-corrected chi connectivity index (χ4v) is 4.55. The van der Waals surface area contributed by atoms with Crippen molar-refractivity contribution in [3.05, 3.63) is 47.6 Å². The molecule has 0 unspecified atom stereocenters. The molecule has 0 radical (unpaired) electrons. The Labute approximate surface area is 187 Å². The Morgan fingerprint density at radius 1 is 1.06 bits per heavy atom. The van der Waals surface area contributed by atoms with E-state index >= 15 is 0 Å². The summed E-state index contributed by atoms with van der Waals surface area (Å²) in [7, 11) is 0. The second-order valence-electron chi connectivity index (χ2n) is 8.93. The molecule has 0 saturated carbocycles. The van der Waals surface area contributed by atoms with Crippen molar-refractivity contribution in [2.45, 2.75) is 39.0 Å². The number of hydrogen-bond acceptors (Lipinski definition) is 6. The molecule has 7 heteroatoms. The third kappa shape index (κ3) is 5.15. The smallest absolute Gasteiger partial charge is 0.222 e. The van der Waals surface area contributed by atoms with Gasteiger partial charge in [-0.1, -0.05) is 32.9 Å². The highest BCUT2D eigenvalue weighted by atomic mass is 32.1. The first kappa shape index (κ1) is 21.6. The first-order valence-electron chi connectivity index (χ1n) is 10.9. The number of rotatable bonds is 6. The van der Waals surface area contributed by atoms with Gasteiger partial charge in [-0.25, -0.2) is 9.97 Å². The normalized spacial score (nSPS) is 14.8. The minimum absolute atomic E-state index is 0.137. The standard InChI is InChI=1S/C24H30N4O2S/c1-24(2,3)18-6-8-19(9-7-18)30-15-4-5-21(29)27-11-13-28(14-12-27)22-20-10-16-31-23(20)26-17-25-22/h6-10,16-17H,4-5,11-15H2,1-3H3. The summed E-state index contributed by atoms with van der Waals surface area (Å²) < 4.78 is 5.83. The summed E-state index contributed by atoms with van der Waals surface area (Å²) in [6.07, 6.45) is 2.87. The SMILES string of the molecule is CC(C)(C)c1ccc(OCCCC(=O)N2CCN(c3ncnc4sccc34)CC2)cc1. The summed E-state index contributed by atoms with van der Waals surface area (Å²) in [5.41, 5.74) is 1.42. The highest BCUT2D eigenvalue weighted by Gasteiger charge is 2.23. The zero-order valence-electron chi connectivity index (χ0n) is 18.5. The van der Waals surface area contributed by atoms with Gasteiger partial charge < -0.3 is 14.5 Å². The van der Waals surface area contributed by atoms with E-state index in [1.165, 1.54) is 5.56 Å². The molecule has 0 atom stereocenters. The third-order valence-corrected chi connectivity index (χ3v) is 6.52. The van der Waals surface area contributed by atoms with Crippen LogP contribution in [0.15, 0.2) is 42.0 Å². The van der Waals surface area contributed by atoms with E-state index in [9.17, 15) is 4.79 Å². The van der Waals surface area contributed by atoms with Crippen molar-refractivity contribution in [3.63, 3.8) is 0 Å². The Kier molecular flexibility index (Phi) is 6.41. The van der Waals surface area contributed by atoms with Gasteiger partial charge in [-0.2, -0.15) is 0 Å². The van der Waals surface area contributed by atoms with Gasteiger partial charge >= 0.3 is 0 Å². The van der Waals surface area contributed by atoms with E-state index in [0.29, 0.717) is 13.0 Å². The molecule has 0 N–H and O–H groups in total. The molecule has 1 aliphatic heterocycles. The van der Waals surface area contributed by atoms with Crippen LogP contribution in [0, 0.1) is 0 Å². The molecule has 31 heavy (non-hydrogen) atoms.